The van der Waals surface area contributed by atoms with Gasteiger partial charge in [-0.25, -0.2) is 13.1 Å². The van der Waals surface area contributed by atoms with Crippen LogP contribution < -0.4 is 4.72 Å². The Balaban J connectivity index is 2.03. The molecule has 4 nitrogen and oxygen atoms in total. The maximum Gasteiger partial charge on any atom is 0.240 e. The average molecular weight is 390 g/mol. The van der Waals surface area contributed by atoms with Gasteiger partial charge in [0, 0.05) is 22.5 Å². The van der Waals surface area contributed by atoms with Crippen LogP contribution in [0.5, 0.6) is 0 Å². The predicted molar refractivity (Wildman–Crippen MR) is 87.9 cm³/mol. The van der Waals surface area contributed by atoms with Gasteiger partial charge < -0.3 is 5.11 Å². The van der Waals surface area contributed by atoms with Crippen LogP contribution in [0.4, 0.5) is 0 Å². The van der Waals surface area contributed by atoms with E-state index in [1.807, 2.05) is 11.4 Å². The van der Waals surface area contributed by atoms with Gasteiger partial charge >= 0.3 is 0 Å². The van der Waals surface area contributed by atoms with Crippen molar-refractivity contribution in [2.45, 2.75) is 24.3 Å². The zero-order chi connectivity index (χ0) is 15.3. The van der Waals surface area contributed by atoms with Crippen molar-refractivity contribution in [2.24, 2.45) is 0 Å². The van der Waals surface area contributed by atoms with Gasteiger partial charge in [0.05, 0.1) is 4.90 Å². The highest BCUT2D eigenvalue weighted by atomic mass is 79.9. The molecule has 0 saturated carbocycles. The fourth-order valence-corrected chi connectivity index (χ4v) is 4.33. The topological polar surface area (TPSA) is 66.4 Å². The van der Waals surface area contributed by atoms with Gasteiger partial charge in [0.1, 0.15) is 0 Å². The lowest BCUT2D eigenvalue weighted by atomic mass is 10.1. The smallest absolute Gasteiger partial charge is 0.240 e. The Morgan fingerprint density at radius 1 is 1.19 bits per heavy atom. The molecule has 1 heterocycles. The fraction of sp³-hybridized carbons (Fsp3) is 0.286. The van der Waals surface area contributed by atoms with Crippen molar-refractivity contribution in [3.8, 4) is 0 Å². The van der Waals surface area contributed by atoms with E-state index in [9.17, 15) is 8.42 Å². The Hall–Kier alpha value is -0.730. The number of aliphatic hydroxyl groups is 1. The normalized spacial score (nSPS) is 11.7. The van der Waals surface area contributed by atoms with Crippen molar-refractivity contribution in [1.82, 2.24) is 4.72 Å². The van der Waals surface area contributed by atoms with Crippen molar-refractivity contribution < 1.29 is 13.5 Å². The van der Waals surface area contributed by atoms with E-state index in [2.05, 4.69) is 20.7 Å². The molecule has 0 atom stereocenters. The Kier molecular flexibility index (Phi) is 5.95. The molecule has 0 aliphatic heterocycles. The SMILES string of the molecule is O=S(=O)(NCc1sccc1Br)c1ccc(CCCO)cc1. The third-order valence-electron chi connectivity index (χ3n) is 2.97. The van der Waals surface area contributed by atoms with Crippen molar-refractivity contribution in [3.05, 3.63) is 50.6 Å². The van der Waals surface area contributed by atoms with Crippen molar-refractivity contribution in [1.29, 1.82) is 0 Å². The Morgan fingerprint density at radius 2 is 1.90 bits per heavy atom. The molecule has 0 aliphatic rings. The molecule has 1 aromatic carbocycles. The second-order valence-electron chi connectivity index (χ2n) is 4.49. The Morgan fingerprint density at radius 3 is 2.48 bits per heavy atom. The van der Waals surface area contributed by atoms with Gasteiger partial charge in [-0.15, -0.1) is 11.3 Å². The van der Waals surface area contributed by atoms with E-state index in [1.54, 1.807) is 24.3 Å². The van der Waals surface area contributed by atoms with Crippen LogP contribution in [-0.2, 0) is 23.0 Å². The Bertz CT molecular complexity index is 680. The second kappa shape index (κ2) is 7.51. The van der Waals surface area contributed by atoms with Crippen LogP contribution in [0.2, 0.25) is 0 Å². The average Bonchev–Trinajstić information content (AvgIpc) is 2.89. The van der Waals surface area contributed by atoms with E-state index in [4.69, 9.17) is 5.11 Å². The summed E-state index contributed by atoms with van der Waals surface area (Å²) in [5.41, 5.74) is 1.02. The van der Waals surface area contributed by atoms with Gasteiger partial charge in [-0.05, 0) is 57.9 Å². The molecule has 2 aromatic rings. The summed E-state index contributed by atoms with van der Waals surface area (Å²) in [6, 6.07) is 8.65. The van der Waals surface area contributed by atoms with E-state index in [0.29, 0.717) is 6.42 Å². The summed E-state index contributed by atoms with van der Waals surface area (Å²) < 4.78 is 27.9. The van der Waals surface area contributed by atoms with Gasteiger partial charge in [0.2, 0.25) is 10.0 Å². The van der Waals surface area contributed by atoms with Crippen LogP contribution in [0.15, 0.2) is 45.1 Å². The standard InChI is InChI=1S/C14H16BrNO3S2/c15-13-7-9-20-14(13)10-16-21(18,19)12-5-3-11(4-6-12)2-1-8-17/h3-7,9,16-17H,1-2,8,10H2. The lowest BCUT2D eigenvalue weighted by Crippen LogP contribution is -2.22. The molecular weight excluding hydrogens is 374 g/mol. The van der Waals surface area contributed by atoms with Gasteiger partial charge in [-0.3, -0.25) is 0 Å². The molecular formula is C14H16BrNO3S2. The summed E-state index contributed by atoms with van der Waals surface area (Å²) in [6.07, 6.45) is 1.42. The number of thiophene rings is 1. The second-order valence-corrected chi connectivity index (χ2v) is 8.11. The van der Waals surface area contributed by atoms with E-state index < -0.39 is 10.0 Å². The molecule has 0 fully saturated rings. The van der Waals surface area contributed by atoms with E-state index >= 15 is 0 Å². The molecule has 114 valence electrons. The monoisotopic (exact) mass is 389 g/mol. The van der Waals surface area contributed by atoms with Gasteiger partial charge in [0.25, 0.3) is 0 Å². The first kappa shape index (κ1) is 16.6. The minimum atomic E-state index is -3.50. The predicted octanol–water partition coefficient (Wildman–Crippen LogP) is 2.91. The number of aryl methyl sites for hydroxylation is 1. The fourth-order valence-electron chi connectivity index (χ4n) is 1.81. The zero-order valence-corrected chi connectivity index (χ0v) is 14.5. The molecule has 0 bridgehead atoms. The first-order valence-electron chi connectivity index (χ1n) is 6.44. The highest BCUT2D eigenvalue weighted by Crippen LogP contribution is 2.23. The maximum atomic E-state index is 12.2. The van der Waals surface area contributed by atoms with E-state index in [0.717, 1.165) is 21.3 Å². The number of rotatable bonds is 7. The van der Waals surface area contributed by atoms with Gasteiger partial charge in [-0.1, -0.05) is 12.1 Å². The number of aliphatic hydroxyl groups excluding tert-OH is 1. The first-order chi connectivity index (χ1) is 10.0. The number of benzene rings is 1. The number of hydrogen-bond acceptors (Lipinski definition) is 4. The lowest BCUT2D eigenvalue weighted by molar-refractivity contribution is 0.288. The molecule has 0 aliphatic carbocycles. The zero-order valence-electron chi connectivity index (χ0n) is 11.3. The molecule has 0 amide bonds. The van der Waals surface area contributed by atoms with E-state index in [1.165, 1.54) is 11.3 Å². The molecule has 0 spiro atoms. The van der Waals surface area contributed by atoms with Crippen LogP contribution in [-0.4, -0.2) is 20.1 Å². The van der Waals surface area contributed by atoms with Crippen molar-refractivity contribution in [3.63, 3.8) is 0 Å². The highest BCUT2D eigenvalue weighted by Gasteiger charge is 2.14. The van der Waals surface area contributed by atoms with Crippen LogP contribution in [0, 0.1) is 0 Å². The minimum Gasteiger partial charge on any atom is -0.396 e. The molecule has 21 heavy (non-hydrogen) atoms. The number of nitrogens with one attached hydrogen (secondary N) is 1. The molecule has 0 radical (unpaired) electrons. The van der Waals surface area contributed by atoms with Gasteiger partial charge in [0.15, 0.2) is 0 Å². The maximum absolute atomic E-state index is 12.2. The number of halogens is 1. The largest absolute Gasteiger partial charge is 0.396 e. The molecule has 0 saturated heterocycles. The summed E-state index contributed by atoms with van der Waals surface area (Å²) >= 11 is 4.88. The van der Waals surface area contributed by atoms with Crippen LogP contribution >= 0.6 is 27.3 Å². The summed E-state index contributed by atoms with van der Waals surface area (Å²) in [7, 11) is -3.50. The summed E-state index contributed by atoms with van der Waals surface area (Å²) in [5, 5.41) is 10.7. The first-order valence-corrected chi connectivity index (χ1v) is 9.60. The molecule has 7 heteroatoms. The van der Waals surface area contributed by atoms with Gasteiger partial charge in [-0.2, -0.15) is 0 Å². The quantitative estimate of drug-likeness (QED) is 0.764. The lowest BCUT2D eigenvalue weighted by Gasteiger charge is -2.07. The number of sulfonamides is 1. The van der Waals surface area contributed by atoms with Crippen LogP contribution in [0.3, 0.4) is 0 Å². The third-order valence-corrected chi connectivity index (χ3v) is 6.31. The summed E-state index contributed by atoms with van der Waals surface area (Å²) in [4.78, 5) is 1.20. The number of hydrogen-bond donors (Lipinski definition) is 2. The molecule has 2 N–H and O–H groups in total. The van der Waals surface area contributed by atoms with Crippen LogP contribution in [0.25, 0.3) is 0 Å². The van der Waals surface area contributed by atoms with Crippen molar-refractivity contribution >= 4 is 37.3 Å². The van der Waals surface area contributed by atoms with Crippen LogP contribution in [0.1, 0.15) is 16.9 Å². The van der Waals surface area contributed by atoms with Crippen molar-refractivity contribution in [2.75, 3.05) is 6.61 Å². The molecule has 0 unspecified atom stereocenters. The third kappa shape index (κ3) is 4.62. The minimum absolute atomic E-state index is 0.136. The Labute approximate surface area is 137 Å². The molecule has 1 aromatic heterocycles. The summed E-state index contributed by atoms with van der Waals surface area (Å²) in [5.74, 6) is 0. The van der Waals surface area contributed by atoms with E-state index in [-0.39, 0.29) is 18.0 Å². The summed E-state index contributed by atoms with van der Waals surface area (Å²) in [6.45, 7) is 0.407. The highest BCUT2D eigenvalue weighted by molar-refractivity contribution is 9.10. The molecule has 2 rings (SSSR count).